The summed E-state index contributed by atoms with van der Waals surface area (Å²) in [6.07, 6.45) is 3.08. The van der Waals surface area contributed by atoms with Crippen LogP contribution in [0.1, 0.15) is 11.1 Å². The highest BCUT2D eigenvalue weighted by Gasteiger charge is 2.05. The smallest absolute Gasteiger partial charge is 0.250 e. The number of benzene rings is 2. The number of para-hydroxylation sites is 1. The summed E-state index contributed by atoms with van der Waals surface area (Å²) in [4.78, 5) is 11.8. The van der Waals surface area contributed by atoms with Crippen LogP contribution in [-0.4, -0.2) is 11.0 Å². The minimum atomic E-state index is -0.347. The number of hydrogen-bond acceptors (Lipinski definition) is 3. The first-order chi connectivity index (χ1) is 11.1. The number of amides is 1. The first-order valence-electron chi connectivity index (χ1n) is 6.63. The number of halogens is 1. The average molecular weight is 386 g/mol. The standard InChI is InChI=1S/C17H12BrN3OS/c18-14-8-5-12(6-9-14)7-10-16(22)21-17(23)20-15-4-2-1-3-13(15)11-19/h1-10H,(H2,20,21,22,23). The van der Waals surface area contributed by atoms with E-state index < -0.39 is 0 Å². The van der Waals surface area contributed by atoms with E-state index in [-0.39, 0.29) is 11.0 Å². The third-order valence-electron chi connectivity index (χ3n) is 2.83. The summed E-state index contributed by atoms with van der Waals surface area (Å²) in [5, 5.41) is 14.5. The zero-order valence-electron chi connectivity index (χ0n) is 11.9. The molecule has 0 aromatic heterocycles. The summed E-state index contributed by atoms with van der Waals surface area (Å²) < 4.78 is 0.973. The van der Waals surface area contributed by atoms with Crippen molar-refractivity contribution in [3.8, 4) is 6.07 Å². The van der Waals surface area contributed by atoms with Gasteiger partial charge in [0.25, 0.3) is 0 Å². The fourth-order valence-corrected chi connectivity index (χ4v) is 2.22. The molecule has 1 amide bonds. The van der Waals surface area contributed by atoms with Crippen LogP contribution in [0.15, 0.2) is 59.1 Å². The van der Waals surface area contributed by atoms with Gasteiger partial charge in [-0.05, 0) is 48.1 Å². The Morgan fingerprint density at radius 1 is 1.17 bits per heavy atom. The predicted molar refractivity (Wildman–Crippen MR) is 98.7 cm³/mol. The van der Waals surface area contributed by atoms with Crippen LogP contribution in [0.3, 0.4) is 0 Å². The lowest BCUT2D eigenvalue weighted by molar-refractivity contribution is -0.115. The van der Waals surface area contributed by atoms with E-state index in [1.54, 1.807) is 30.3 Å². The molecular weight excluding hydrogens is 374 g/mol. The van der Waals surface area contributed by atoms with Crippen LogP contribution >= 0.6 is 28.1 Å². The maximum Gasteiger partial charge on any atom is 0.250 e. The Kier molecular flexibility index (Phi) is 6.03. The maximum atomic E-state index is 11.8. The number of anilines is 1. The molecule has 0 atom stereocenters. The third-order valence-corrected chi connectivity index (χ3v) is 3.56. The van der Waals surface area contributed by atoms with Crippen molar-refractivity contribution in [2.75, 3.05) is 5.32 Å². The Bertz CT molecular complexity index is 794. The van der Waals surface area contributed by atoms with Crippen LogP contribution in [0.2, 0.25) is 0 Å². The summed E-state index contributed by atoms with van der Waals surface area (Å²) in [6.45, 7) is 0. The molecular formula is C17H12BrN3OS. The molecule has 4 nitrogen and oxygen atoms in total. The quantitative estimate of drug-likeness (QED) is 0.621. The molecule has 0 aliphatic rings. The van der Waals surface area contributed by atoms with E-state index >= 15 is 0 Å². The highest BCUT2D eigenvalue weighted by molar-refractivity contribution is 9.10. The Labute approximate surface area is 148 Å². The van der Waals surface area contributed by atoms with Gasteiger partial charge in [0, 0.05) is 10.5 Å². The van der Waals surface area contributed by atoms with Crippen LogP contribution in [0.4, 0.5) is 5.69 Å². The lowest BCUT2D eigenvalue weighted by atomic mass is 10.2. The van der Waals surface area contributed by atoms with Gasteiger partial charge in [-0.25, -0.2) is 0 Å². The van der Waals surface area contributed by atoms with E-state index in [1.165, 1.54) is 6.08 Å². The molecule has 2 aromatic carbocycles. The van der Waals surface area contributed by atoms with Gasteiger partial charge in [0.1, 0.15) is 6.07 Å². The molecule has 0 unspecified atom stereocenters. The van der Waals surface area contributed by atoms with Crippen molar-refractivity contribution in [1.29, 1.82) is 5.26 Å². The van der Waals surface area contributed by atoms with Crippen LogP contribution in [0.5, 0.6) is 0 Å². The first kappa shape index (κ1) is 16.9. The van der Waals surface area contributed by atoms with Gasteiger partial charge in [-0.1, -0.05) is 40.2 Å². The largest absolute Gasteiger partial charge is 0.331 e. The topological polar surface area (TPSA) is 64.9 Å². The summed E-state index contributed by atoms with van der Waals surface area (Å²) in [5.74, 6) is -0.347. The third kappa shape index (κ3) is 5.33. The molecule has 0 spiro atoms. The normalized spacial score (nSPS) is 10.1. The second-order valence-electron chi connectivity index (χ2n) is 4.49. The molecule has 0 bridgehead atoms. The van der Waals surface area contributed by atoms with Crippen molar-refractivity contribution < 1.29 is 4.79 Å². The number of nitrogens with one attached hydrogen (secondary N) is 2. The van der Waals surface area contributed by atoms with Crippen LogP contribution in [0, 0.1) is 11.3 Å². The second-order valence-corrected chi connectivity index (χ2v) is 5.81. The Morgan fingerprint density at radius 2 is 1.87 bits per heavy atom. The fraction of sp³-hybridized carbons (Fsp3) is 0. The zero-order chi connectivity index (χ0) is 16.7. The van der Waals surface area contributed by atoms with E-state index in [2.05, 4.69) is 32.6 Å². The van der Waals surface area contributed by atoms with Gasteiger partial charge < -0.3 is 5.32 Å². The predicted octanol–water partition coefficient (Wildman–Crippen LogP) is 3.85. The van der Waals surface area contributed by atoms with Crippen molar-refractivity contribution in [3.05, 3.63) is 70.2 Å². The second kappa shape index (κ2) is 8.22. The van der Waals surface area contributed by atoms with Crippen LogP contribution < -0.4 is 10.6 Å². The Balaban J connectivity index is 1.93. The molecule has 0 fully saturated rings. The van der Waals surface area contributed by atoms with Crippen molar-refractivity contribution in [1.82, 2.24) is 5.32 Å². The van der Waals surface area contributed by atoms with Gasteiger partial charge in [0.2, 0.25) is 5.91 Å². The number of carbonyl (C=O) groups excluding carboxylic acids is 1. The Morgan fingerprint density at radius 3 is 2.57 bits per heavy atom. The van der Waals surface area contributed by atoms with E-state index in [1.807, 2.05) is 24.3 Å². The Hall–Kier alpha value is -2.49. The monoisotopic (exact) mass is 385 g/mol. The van der Waals surface area contributed by atoms with Gasteiger partial charge in [-0.3, -0.25) is 10.1 Å². The van der Waals surface area contributed by atoms with Gasteiger partial charge in [0.15, 0.2) is 5.11 Å². The molecule has 2 aromatic rings. The number of thiocarbonyl (C=S) groups is 1. The van der Waals surface area contributed by atoms with Crippen LogP contribution in [-0.2, 0) is 4.79 Å². The highest BCUT2D eigenvalue weighted by Crippen LogP contribution is 2.13. The summed E-state index contributed by atoms with van der Waals surface area (Å²) in [5.41, 5.74) is 1.91. The highest BCUT2D eigenvalue weighted by atomic mass is 79.9. The molecule has 114 valence electrons. The van der Waals surface area contributed by atoms with E-state index in [0.29, 0.717) is 11.3 Å². The molecule has 0 aliphatic heterocycles. The minimum Gasteiger partial charge on any atom is -0.331 e. The van der Waals surface area contributed by atoms with Gasteiger partial charge in [-0.2, -0.15) is 5.26 Å². The maximum absolute atomic E-state index is 11.8. The number of carbonyl (C=O) groups is 1. The molecule has 0 radical (unpaired) electrons. The summed E-state index contributed by atoms with van der Waals surface area (Å²) in [7, 11) is 0. The molecule has 6 heteroatoms. The van der Waals surface area contributed by atoms with E-state index in [4.69, 9.17) is 17.5 Å². The molecule has 0 aliphatic carbocycles. The summed E-state index contributed by atoms with van der Waals surface area (Å²) in [6, 6.07) is 16.5. The lowest BCUT2D eigenvalue weighted by Crippen LogP contribution is -2.33. The molecule has 2 N–H and O–H groups in total. The lowest BCUT2D eigenvalue weighted by Gasteiger charge is -2.09. The van der Waals surface area contributed by atoms with E-state index in [9.17, 15) is 4.79 Å². The average Bonchev–Trinajstić information content (AvgIpc) is 2.54. The van der Waals surface area contributed by atoms with Gasteiger partial charge >= 0.3 is 0 Å². The van der Waals surface area contributed by atoms with Gasteiger partial charge in [-0.15, -0.1) is 0 Å². The molecule has 23 heavy (non-hydrogen) atoms. The minimum absolute atomic E-state index is 0.137. The molecule has 0 heterocycles. The zero-order valence-corrected chi connectivity index (χ0v) is 14.3. The molecule has 0 saturated carbocycles. The van der Waals surface area contributed by atoms with Crippen molar-refractivity contribution >= 4 is 50.9 Å². The van der Waals surface area contributed by atoms with Crippen LogP contribution in [0.25, 0.3) is 6.08 Å². The first-order valence-corrected chi connectivity index (χ1v) is 7.83. The SMILES string of the molecule is N#Cc1ccccc1NC(=S)NC(=O)C=Cc1ccc(Br)cc1. The molecule has 0 saturated heterocycles. The summed E-state index contributed by atoms with van der Waals surface area (Å²) >= 11 is 8.43. The number of rotatable bonds is 3. The fourth-order valence-electron chi connectivity index (χ4n) is 1.74. The number of hydrogen-bond donors (Lipinski definition) is 2. The van der Waals surface area contributed by atoms with Crippen molar-refractivity contribution in [3.63, 3.8) is 0 Å². The van der Waals surface area contributed by atoms with Gasteiger partial charge in [0.05, 0.1) is 11.3 Å². The van der Waals surface area contributed by atoms with Crippen molar-refractivity contribution in [2.45, 2.75) is 0 Å². The van der Waals surface area contributed by atoms with E-state index in [0.717, 1.165) is 10.0 Å². The van der Waals surface area contributed by atoms with Crippen molar-refractivity contribution in [2.24, 2.45) is 0 Å². The molecule has 2 rings (SSSR count). The number of nitriles is 1. The number of nitrogens with zero attached hydrogens (tertiary/aromatic N) is 1.